The van der Waals surface area contributed by atoms with Crippen molar-refractivity contribution in [3.8, 4) is 11.5 Å². The number of pyridine rings is 1. The summed E-state index contributed by atoms with van der Waals surface area (Å²) in [5.41, 5.74) is 6.55. The molecule has 1 saturated carbocycles. The van der Waals surface area contributed by atoms with Crippen LogP contribution in [0.1, 0.15) is 31.2 Å². The van der Waals surface area contributed by atoms with E-state index in [9.17, 15) is 9.50 Å². The molecule has 1 aliphatic carbocycles. The molecule has 3 aromatic rings. The zero-order valence-corrected chi connectivity index (χ0v) is 16.8. The van der Waals surface area contributed by atoms with Crippen molar-refractivity contribution in [3.63, 3.8) is 0 Å². The van der Waals surface area contributed by atoms with Crippen LogP contribution in [0.25, 0.3) is 10.2 Å². The third-order valence-electron chi connectivity index (χ3n) is 5.08. The van der Waals surface area contributed by atoms with Gasteiger partial charge >= 0.3 is 0 Å². The molecule has 0 saturated heterocycles. The molecule has 2 atom stereocenters. The van der Waals surface area contributed by atoms with E-state index in [1.807, 2.05) is 6.07 Å². The Morgan fingerprint density at radius 3 is 2.97 bits per heavy atom. The summed E-state index contributed by atoms with van der Waals surface area (Å²) in [7, 11) is 1.57. The molecule has 2 aromatic heterocycles. The molecule has 1 fully saturated rings. The Hall–Kier alpha value is -2.65. The summed E-state index contributed by atoms with van der Waals surface area (Å²) in [4.78, 5) is 8.34. The maximum absolute atomic E-state index is 14.0. The van der Waals surface area contributed by atoms with Crippen molar-refractivity contribution in [3.05, 3.63) is 35.8 Å². The molecule has 1 unspecified atom stereocenters. The van der Waals surface area contributed by atoms with Gasteiger partial charge in [0.2, 0.25) is 0 Å². The van der Waals surface area contributed by atoms with Crippen molar-refractivity contribution in [1.29, 1.82) is 0 Å². The Kier molecular flexibility index (Phi) is 5.68. The number of nitrogens with two attached hydrogens (primary N) is 1. The van der Waals surface area contributed by atoms with Crippen molar-refractivity contribution in [2.45, 2.75) is 44.4 Å². The second kappa shape index (κ2) is 8.38. The summed E-state index contributed by atoms with van der Waals surface area (Å²) in [6.45, 7) is 0.0192. The number of thiazole rings is 1. The Bertz CT molecular complexity index is 1010. The molecule has 29 heavy (non-hydrogen) atoms. The van der Waals surface area contributed by atoms with Crippen LogP contribution in [0.3, 0.4) is 0 Å². The number of aliphatic hydroxyl groups is 1. The molecule has 0 bridgehead atoms. The van der Waals surface area contributed by atoms with Crippen LogP contribution in [-0.2, 0) is 6.61 Å². The Balaban J connectivity index is 1.55. The molecular weight excluding hydrogens is 395 g/mol. The van der Waals surface area contributed by atoms with Gasteiger partial charge in [0.1, 0.15) is 23.6 Å². The number of rotatable bonds is 6. The van der Waals surface area contributed by atoms with Crippen LogP contribution in [0.4, 0.5) is 15.3 Å². The van der Waals surface area contributed by atoms with E-state index in [0.717, 1.165) is 41.0 Å². The van der Waals surface area contributed by atoms with Gasteiger partial charge < -0.3 is 25.6 Å². The van der Waals surface area contributed by atoms with Gasteiger partial charge in [0.05, 0.1) is 24.0 Å². The topological polar surface area (TPSA) is 103 Å². The lowest BCUT2D eigenvalue weighted by molar-refractivity contribution is 0.116. The van der Waals surface area contributed by atoms with Gasteiger partial charge in [0.15, 0.2) is 16.8 Å². The second-order valence-electron chi connectivity index (χ2n) is 7.05. The molecule has 4 rings (SSSR count). The number of fused-ring (bicyclic) bond motifs is 1. The first-order chi connectivity index (χ1) is 14.0. The molecule has 0 aliphatic heterocycles. The standard InChI is InChI=1S/C20H23FN4O3S/c1-27-15-8-12(28-10-11-6-7-23-19(22)17(11)21)9-16-18(15)25-20(29-16)24-13-4-2-3-5-14(13)26/h6-9,13-14,26H,2-5,10H2,1H3,(H2,22,23)(H,24,25)/t13?,14-/m0/s1. The highest BCUT2D eigenvalue weighted by Crippen LogP contribution is 2.37. The number of benzene rings is 1. The molecule has 1 aromatic carbocycles. The van der Waals surface area contributed by atoms with E-state index in [4.69, 9.17) is 15.2 Å². The number of nitrogens with one attached hydrogen (secondary N) is 1. The number of hydrogen-bond acceptors (Lipinski definition) is 8. The minimum Gasteiger partial charge on any atom is -0.494 e. The highest BCUT2D eigenvalue weighted by molar-refractivity contribution is 7.22. The van der Waals surface area contributed by atoms with Gasteiger partial charge in [-0.1, -0.05) is 24.2 Å². The summed E-state index contributed by atoms with van der Waals surface area (Å²) in [6.07, 6.45) is 4.96. The zero-order valence-electron chi connectivity index (χ0n) is 16.0. The van der Waals surface area contributed by atoms with Crippen LogP contribution in [0, 0.1) is 5.82 Å². The predicted octanol–water partition coefficient (Wildman–Crippen LogP) is 3.72. The Morgan fingerprint density at radius 2 is 2.17 bits per heavy atom. The molecule has 4 N–H and O–H groups in total. The lowest BCUT2D eigenvalue weighted by atomic mass is 9.93. The molecule has 0 spiro atoms. The minimum absolute atomic E-state index is 0.00570. The van der Waals surface area contributed by atoms with Crippen molar-refractivity contribution in [2.24, 2.45) is 0 Å². The van der Waals surface area contributed by atoms with E-state index < -0.39 is 5.82 Å². The quantitative estimate of drug-likeness (QED) is 0.561. The third-order valence-corrected chi connectivity index (χ3v) is 6.02. The van der Waals surface area contributed by atoms with Crippen molar-refractivity contribution >= 4 is 32.5 Å². The maximum Gasteiger partial charge on any atom is 0.184 e. The van der Waals surface area contributed by atoms with Gasteiger partial charge in [0.25, 0.3) is 0 Å². The van der Waals surface area contributed by atoms with Crippen molar-refractivity contribution in [1.82, 2.24) is 9.97 Å². The third kappa shape index (κ3) is 4.20. The Labute approximate surface area is 171 Å². The lowest BCUT2D eigenvalue weighted by Crippen LogP contribution is -2.36. The monoisotopic (exact) mass is 418 g/mol. The van der Waals surface area contributed by atoms with Crippen LogP contribution < -0.4 is 20.5 Å². The Morgan fingerprint density at radius 1 is 1.34 bits per heavy atom. The fourth-order valence-corrected chi connectivity index (χ4v) is 4.46. The first-order valence-corrected chi connectivity index (χ1v) is 10.3. The fraction of sp³-hybridized carbons (Fsp3) is 0.400. The van der Waals surface area contributed by atoms with Crippen molar-refractivity contribution < 1.29 is 19.0 Å². The smallest absolute Gasteiger partial charge is 0.184 e. The van der Waals surface area contributed by atoms with Gasteiger partial charge in [-0.15, -0.1) is 0 Å². The first-order valence-electron chi connectivity index (χ1n) is 9.50. The number of aromatic nitrogens is 2. The van der Waals surface area contributed by atoms with Crippen LogP contribution in [0.5, 0.6) is 11.5 Å². The molecule has 2 heterocycles. The minimum atomic E-state index is -0.573. The average Bonchev–Trinajstić information content (AvgIpc) is 3.12. The molecule has 154 valence electrons. The summed E-state index contributed by atoms with van der Waals surface area (Å²) in [5.74, 6) is 0.385. The number of methoxy groups -OCH3 is 1. The lowest BCUT2D eigenvalue weighted by Gasteiger charge is -2.27. The van der Waals surface area contributed by atoms with Gasteiger partial charge in [-0.3, -0.25) is 0 Å². The zero-order chi connectivity index (χ0) is 20.4. The van der Waals surface area contributed by atoms with Crippen LogP contribution in [-0.4, -0.2) is 34.3 Å². The van der Waals surface area contributed by atoms with Crippen LogP contribution in [0.15, 0.2) is 24.4 Å². The molecular formula is C20H23FN4O3S. The predicted molar refractivity (Wildman–Crippen MR) is 111 cm³/mol. The molecule has 0 amide bonds. The SMILES string of the molecule is COc1cc(OCc2ccnc(N)c2F)cc2sc(NC3CCCC[C@@H]3O)nc12. The highest BCUT2D eigenvalue weighted by Gasteiger charge is 2.24. The summed E-state index contributed by atoms with van der Waals surface area (Å²) < 4.78 is 26.1. The average molecular weight is 418 g/mol. The largest absolute Gasteiger partial charge is 0.494 e. The van der Waals surface area contributed by atoms with Crippen molar-refractivity contribution in [2.75, 3.05) is 18.2 Å². The normalized spacial score (nSPS) is 19.3. The van der Waals surface area contributed by atoms with E-state index in [1.54, 1.807) is 13.2 Å². The number of hydrogen-bond donors (Lipinski definition) is 3. The highest BCUT2D eigenvalue weighted by atomic mass is 32.1. The van der Waals surface area contributed by atoms with E-state index in [2.05, 4.69) is 15.3 Å². The number of nitrogen functional groups attached to an aromatic ring is 1. The second-order valence-corrected chi connectivity index (χ2v) is 8.08. The molecule has 0 radical (unpaired) electrons. The number of anilines is 2. The van der Waals surface area contributed by atoms with Crippen LogP contribution in [0.2, 0.25) is 0 Å². The first kappa shape index (κ1) is 19.7. The molecule has 9 heteroatoms. The van der Waals surface area contributed by atoms with Gasteiger partial charge in [-0.05, 0) is 25.0 Å². The number of halogens is 1. The van der Waals surface area contributed by atoms with E-state index in [1.165, 1.54) is 23.6 Å². The van der Waals surface area contributed by atoms with Gasteiger partial charge in [0, 0.05) is 17.8 Å². The number of nitrogens with zero attached hydrogens (tertiary/aromatic N) is 2. The van der Waals surface area contributed by atoms with E-state index in [0.29, 0.717) is 17.1 Å². The maximum atomic E-state index is 14.0. The summed E-state index contributed by atoms with van der Waals surface area (Å²) in [6, 6.07) is 5.11. The molecule has 1 aliphatic rings. The number of ether oxygens (including phenoxy) is 2. The fourth-order valence-electron chi connectivity index (χ4n) is 3.49. The van der Waals surface area contributed by atoms with E-state index >= 15 is 0 Å². The van der Waals surface area contributed by atoms with Crippen LogP contribution >= 0.6 is 11.3 Å². The molecule has 7 nitrogen and oxygen atoms in total. The summed E-state index contributed by atoms with van der Waals surface area (Å²) >= 11 is 1.47. The summed E-state index contributed by atoms with van der Waals surface area (Å²) in [5, 5.41) is 14.3. The van der Waals surface area contributed by atoms with Gasteiger partial charge in [-0.2, -0.15) is 0 Å². The van der Waals surface area contributed by atoms with Gasteiger partial charge in [-0.25, -0.2) is 14.4 Å². The number of aliphatic hydroxyl groups excluding tert-OH is 1. The van der Waals surface area contributed by atoms with E-state index in [-0.39, 0.29) is 24.6 Å².